The highest BCUT2D eigenvalue weighted by atomic mass is 79.9. The van der Waals surface area contributed by atoms with Gasteiger partial charge in [0.05, 0.1) is 25.8 Å². The summed E-state index contributed by atoms with van der Waals surface area (Å²) in [5, 5.41) is 0.462. The number of nitrogens with zero attached hydrogens (tertiary/aromatic N) is 1. The zero-order valence-corrected chi connectivity index (χ0v) is 17.4. The molecule has 1 amide bonds. The Morgan fingerprint density at radius 1 is 1.30 bits per heavy atom. The first-order valence-electron chi connectivity index (χ1n) is 8.64. The molecule has 2 aromatic rings. The molecule has 0 saturated heterocycles. The number of rotatable bonds is 6. The van der Waals surface area contributed by atoms with Crippen molar-refractivity contribution in [2.24, 2.45) is 0 Å². The molecule has 0 saturated carbocycles. The molecule has 0 radical (unpaired) electrons. The highest BCUT2D eigenvalue weighted by molar-refractivity contribution is 9.10. The van der Waals surface area contributed by atoms with Gasteiger partial charge in [-0.25, -0.2) is 4.79 Å². The molecule has 6 nitrogen and oxygen atoms in total. The molecule has 1 aliphatic heterocycles. The van der Waals surface area contributed by atoms with Crippen LogP contribution in [0.3, 0.4) is 0 Å². The van der Waals surface area contributed by atoms with E-state index in [1.165, 1.54) is 18.4 Å². The lowest BCUT2D eigenvalue weighted by atomic mass is 10.0. The number of nitrogen functional groups attached to an aromatic ring is 1. The average Bonchev–Trinajstić information content (AvgIpc) is 3.00. The third-order valence-corrected chi connectivity index (χ3v) is 6.02. The summed E-state index contributed by atoms with van der Waals surface area (Å²) in [6.07, 6.45) is 1.70. The molecule has 0 atom stereocenters. The molecule has 0 aliphatic carbocycles. The number of hydrogen-bond acceptors (Lipinski definition) is 6. The van der Waals surface area contributed by atoms with E-state index in [4.69, 9.17) is 15.2 Å². The van der Waals surface area contributed by atoms with Gasteiger partial charge in [0.1, 0.15) is 10.8 Å². The minimum atomic E-state index is -0.408. The van der Waals surface area contributed by atoms with Crippen molar-refractivity contribution in [3.8, 4) is 5.75 Å². The molecule has 8 heteroatoms. The Balaban J connectivity index is 1.50. The SMILES string of the molecule is COC(=O)c1c(N)sc2c1CCN(C(=O)CCCOc1ccc(Br)cc1)C2. The van der Waals surface area contributed by atoms with Gasteiger partial charge in [-0.3, -0.25) is 4.79 Å². The second-order valence-corrected chi connectivity index (χ2v) is 8.26. The number of benzene rings is 1. The van der Waals surface area contributed by atoms with E-state index in [0.29, 0.717) is 49.5 Å². The summed E-state index contributed by atoms with van der Waals surface area (Å²) < 4.78 is 11.5. The number of amides is 1. The predicted molar refractivity (Wildman–Crippen MR) is 108 cm³/mol. The van der Waals surface area contributed by atoms with E-state index < -0.39 is 5.97 Å². The molecule has 3 rings (SSSR count). The Morgan fingerprint density at radius 2 is 2.04 bits per heavy atom. The fourth-order valence-electron chi connectivity index (χ4n) is 3.07. The largest absolute Gasteiger partial charge is 0.494 e. The van der Waals surface area contributed by atoms with E-state index in [1.54, 1.807) is 0 Å². The van der Waals surface area contributed by atoms with E-state index in [-0.39, 0.29) is 5.91 Å². The molecule has 0 fully saturated rings. The maximum atomic E-state index is 12.5. The van der Waals surface area contributed by atoms with E-state index in [1.807, 2.05) is 29.2 Å². The summed E-state index contributed by atoms with van der Waals surface area (Å²) >= 11 is 4.74. The fourth-order valence-corrected chi connectivity index (χ4v) is 4.45. The highest BCUT2D eigenvalue weighted by Crippen LogP contribution is 2.35. The first-order chi connectivity index (χ1) is 13.0. The van der Waals surface area contributed by atoms with Gasteiger partial charge in [-0.15, -0.1) is 11.3 Å². The van der Waals surface area contributed by atoms with Crippen LogP contribution in [0.5, 0.6) is 5.75 Å². The standard InChI is InChI=1S/C19H21BrN2O4S/c1-25-19(24)17-14-8-9-22(11-15(14)27-18(17)21)16(23)3-2-10-26-13-6-4-12(20)5-7-13/h4-7H,2-3,8-11,21H2,1H3. The van der Waals surface area contributed by atoms with Gasteiger partial charge in [0.15, 0.2) is 0 Å². The Kier molecular flexibility index (Phi) is 6.38. The van der Waals surface area contributed by atoms with E-state index in [9.17, 15) is 9.59 Å². The van der Waals surface area contributed by atoms with Crippen LogP contribution in [0.1, 0.15) is 33.6 Å². The summed E-state index contributed by atoms with van der Waals surface area (Å²) in [5.41, 5.74) is 7.37. The van der Waals surface area contributed by atoms with Crippen LogP contribution >= 0.6 is 27.3 Å². The molecule has 0 bridgehead atoms. The van der Waals surface area contributed by atoms with Gasteiger partial charge in [-0.2, -0.15) is 0 Å². The molecule has 1 aromatic heterocycles. The van der Waals surface area contributed by atoms with Crippen LogP contribution in [0, 0.1) is 0 Å². The Bertz CT molecular complexity index is 835. The second-order valence-electron chi connectivity index (χ2n) is 6.21. The normalized spacial score (nSPS) is 13.2. The van der Waals surface area contributed by atoms with Gasteiger partial charge in [-0.1, -0.05) is 15.9 Å². The Labute approximate surface area is 170 Å². The predicted octanol–water partition coefficient (Wildman–Crippen LogP) is 3.62. The number of anilines is 1. The molecule has 2 heterocycles. The summed E-state index contributed by atoms with van der Waals surface area (Å²) in [6.45, 7) is 1.57. The summed E-state index contributed by atoms with van der Waals surface area (Å²) in [6, 6.07) is 7.61. The van der Waals surface area contributed by atoms with Crippen LogP contribution in [0.2, 0.25) is 0 Å². The van der Waals surface area contributed by atoms with Crippen LogP contribution in [0.25, 0.3) is 0 Å². The number of methoxy groups -OCH3 is 1. The minimum Gasteiger partial charge on any atom is -0.494 e. The molecule has 2 N–H and O–H groups in total. The van der Waals surface area contributed by atoms with E-state index in [2.05, 4.69) is 15.9 Å². The number of thiophene rings is 1. The first-order valence-corrected chi connectivity index (χ1v) is 10.2. The molecule has 27 heavy (non-hydrogen) atoms. The molecular weight excluding hydrogens is 432 g/mol. The highest BCUT2D eigenvalue weighted by Gasteiger charge is 2.29. The first kappa shape index (κ1) is 19.7. The number of hydrogen-bond donors (Lipinski definition) is 1. The minimum absolute atomic E-state index is 0.0895. The van der Waals surface area contributed by atoms with Crippen molar-refractivity contribution in [1.82, 2.24) is 4.90 Å². The van der Waals surface area contributed by atoms with Crippen molar-refractivity contribution in [2.75, 3.05) is 26.0 Å². The van der Waals surface area contributed by atoms with Gasteiger partial charge in [-0.05, 0) is 42.7 Å². The van der Waals surface area contributed by atoms with E-state index >= 15 is 0 Å². The van der Waals surface area contributed by atoms with Crippen molar-refractivity contribution in [3.05, 3.63) is 44.7 Å². The zero-order valence-electron chi connectivity index (χ0n) is 15.0. The number of halogens is 1. The Morgan fingerprint density at radius 3 is 2.74 bits per heavy atom. The van der Waals surface area contributed by atoms with Gasteiger partial charge < -0.3 is 20.1 Å². The van der Waals surface area contributed by atoms with Gasteiger partial charge >= 0.3 is 5.97 Å². The van der Waals surface area contributed by atoms with Crippen LogP contribution in [0.15, 0.2) is 28.7 Å². The van der Waals surface area contributed by atoms with Crippen LogP contribution in [-0.4, -0.2) is 37.0 Å². The molecule has 1 aromatic carbocycles. The maximum absolute atomic E-state index is 12.5. The number of nitrogens with two attached hydrogens (primary N) is 1. The van der Waals surface area contributed by atoms with E-state index in [0.717, 1.165) is 20.7 Å². The lowest BCUT2D eigenvalue weighted by Crippen LogP contribution is -2.35. The quantitative estimate of drug-likeness (QED) is 0.534. The molecule has 144 valence electrons. The average molecular weight is 453 g/mol. The van der Waals surface area contributed by atoms with Crippen molar-refractivity contribution >= 4 is 44.1 Å². The van der Waals surface area contributed by atoms with Crippen molar-refractivity contribution in [1.29, 1.82) is 0 Å². The smallest absolute Gasteiger partial charge is 0.341 e. The number of fused-ring (bicyclic) bond motifs is 1. The third-order valence-electron chi connectivity index (χ3n) is 4.44. The molecule has 1 aliphatic rings. The third kappa shape index (κ3) is 4.62. The number of ether oxygens (including phenoxy) is 2. The van der Waals surface area contributed by atoms with Crippen molar-refractivity contribution in [3.63, 3.8) is 0 Å². The molecule has 0 unspecified atom stereocenters. The number of carbonyl (C=O) groups excluding carboxylic acids is 2. The summed E-state index contributed by atoms with van der Waals surface area (Å²) in [4.78, 5) is 27.2. The van der Waals surface area contributed by atoms with Crippen LogP contribution < -0.4 is 10.5 Å². The second kappa shape index (κ2) is 8.75. The summed E-state index contributed by atoms with van der Waals surface area (Å²) in [7, 11) is 1.35. The lowest BCUT2D eigenvalue weighted by molar-refractivity contribution is -0.132. The molecular formula is C19H21BrN2O4S. The van der Waals surface area contributed by atoms with Crippen LogP contribution in [-0.2, 0) is 22.5 Å². The topological polar surface area (TPSA) is 81.9 Å². The van der Waals surface area contributed by atoms with Crippen LogP contribution in [0.4, 0.5) is 5.00 Å². The maximum Gasteiger partial charge on any atom is 0.341 e. The number of esters is 1. The van der Waals surface area contributed by atoms with Gasteiger partial charge in [0.25, 0.3) is 0 Å². The van der Waals surface area contributed by atoms with Crippen molar-refractivity contribution in [2.45, 2.75) is 25.8 Å². The van der Waals surface area contributed by atoms with Gasteiger partial charge in [0, 0.05) is 22.3 Å². The Hall–Kier alpha value is -2.06. The van der Waals surface area contributed by atoms with Gasteiger partial charge in [0.2, 0.25) is 5.91 Å². The monoisotopic (exact) mass is 452 g/mol. The molecule has 0 spiro atoms. The fraction of sp³-hybridized carbons (Fsp3) is 0.368. The number of carbonyl (C=O) groups is 2. The lowest BCUT2D eigenvalue weighted by Gasteiger charge is -2.27. The summed E-state index contributed by atoms with van der Waals surface area (Å²) in [5.74, 6) is 0.471. The van der Waals surface area contributed by atoms with Crippen molar-refractivity contribution < 1.29 is 19.1 Å². The zero-order chi connectivity index (χ0) is 19.4.